The van der Waals surface area contributed by atoms with Gasteiger partial charge in [-0.2, -0.15) is 0 Å². The number of hydrogen-bond acceptors (Lipinski definition) is 5. The van der Waals surface area contributed by atoms with E-state index in [1.54, 1.807) is 6.20 Å². The molecule has 166 valence electrons. The van der Waals surface area contributed by atoms with Gasteiger partial charge >= 0.3 is 0 Å². The number of aromatic nitrogens is 2. The lowest BCUT2D eigenvalue weighted by atomic mass is 9.90. The molecule has 1 aliphatic heterocycles. The quantitative estimate of drug-likeness (QED) is 0.405. The zero-order valence-corrected chi connectivity index (χ0v) is 18.3. The minimum absolute atomic E-state index is 0.00143. The minimum atomic E-state index is -0.682. The van der Waals surface area contributed by atoms with E-state index < -0.39 is 17.5 Å². The summed E-state index contributed by atoms with van der Waals surface area (Å²) in [4.78, 5) is 23.2. The average Bonchev–Trinajstić information content (AvgIpc) is 2.81. The Labute approximate surface area is 190 Å². The highest BCUT2D eigenvalue weighted by atomic mass is 32.2. The van der Waals surface area contributed by atoms with Crippen molar-refractivity contribution in [3.63, 3.8) is 0 Å². The lowest BCUT2D eigenvalue weighted by molar-refractivity contribution is -0.113. The molecule has 1 amide bonds. The van der Waals surface area contributed by atoms with Crippen molar-refractivity contribution >= 4 is 29.2 Å². The third kappa shape index (κ3) is 6.03. The van der Waals surface area contributed by atoms with E-state index in [9.17, 15) is 13.6 Å². The molecule has 0 radical (unpaired) electrons. The second kappa shape index (κ2) is 10.5. The van der Waals surface area contributed by atoms with Crippen LogP contribution in [0.1, 0.15) is 18.4 Å². The molecule has 1 aliphatic rings. The highest BCUT2D eigenvalue weighted by Gasteiger charge is 2.21. The zero-order valence-electron chi connectivity index (χ0n) is 17.5. The van der Waals surface area contributed by atoms with E-state index >= 15 is 0 Å². The van der Waals surface area contributed by atoms with Crippen molar-refractivity contribution in [1.82, 2.24) is 9.97 Å². The molecular formula is C24H24F2N4OS. The Balaban J connectivity index is 1.28. The lowest BCUT2D eigenvalue weighted by Crippen LogP contribution is -2.35. The van der Waals surface area contributed by atoms with Gasteiger partial charge in [-0.05, 0) is 48.9 Å². The van der Waals surface area contributed by atoms with Crippen LogP contribution in [0.15, 0.2) is 66.0 Å². The first-order valence-corrected chi connectivity index (χ1v) is 11.5. The van der Waals surface area contributed by atoms with Gasteiger partial charge in [0.2, 0.25) is 5.91 Å². The standard InChI is InChI=1S/C24H24F2N4OS/c25-19-6-7-20(26)21(15-19)28-23(31)16-32-24-27-11-8-22(29-24)30-12-9-18(10-13-30)14-17-4-2-1-3-5-17/h1-8,11,15,18H,9-10,12-14,16H2,(H,28,31). The number of thioether (sulfide) groups is 1. The molecule has 8 heteroatoms. The molecule has 32 heavy (non-hydrogen) atoms. The monoisotopic (exact) mass is 454 g/mol. The van der Waals surface area contributed by atoms with Gasteiger partial charge in [-0.15, -0.1) is 0 Å². The van der Waals surface area contributed by atoms with Crippen LogP contribution in [-0.2, 0) is 11.2 Å². The SMILES string of the molecule is O=C(CSc1nccc(N2CCC(Cc3ccccc3)CC2)n1)Nc1cc(F)ccc1F. The van der Waals surface area contributed by atoms with E-state index in [0.29, 0.717) is 11.1 Å². The molecule has 0 unspecified atom stereocenters. The van der Waals surface area contributed by atoms with Gasteiger partial charge in [0.05, 0.1) is 11.4 Å². The molecule has 0 bridgehead atoms. The van der Waals surface area contributed by atoms with Gasteiger partial charge in [0.25, 0.3) is 0 Å². The van der Waals surface area contributed by atoms with Crippen molar-refractivity contribution in [2.24, 2.45) is 5.92 Å². The summed E-state index contributed by atoms with van der Waals surface area (Å²) in [5.41, 5.74) is 1.20. The minimum Gasteiger partial charge on any atom is -0.356 e. The summed E-state index contributed by atoms with van der Waals surface area (Å²) in [6, 6.07) is 15.4. The molecule has 2 heterocycles. The maximum atomic E-state index is 13.7. The summed E-state index contributed by atoms with van der Waals surface area (Å²) >= 11 is 1.16. The second-order valence-corrected chi connectivity index (χ2v) is 8.72. The normalized spacial score (nSPS) is 14.4. The number of carbonyl (C=O) groups is 1. The molecule has 1 N–H and O–H groups in total. The van der Waals surface area contributed by atoms with Gasteiger partial charge in [0.15, 0.2) is 5.16 Å². The molecule has 1 saturated heterocycles. The van der Waals surface area contributed by atoms with Gasteiger partial charge < -0.3 is 10.2 Å². The van der Waals surface area contributed by atoms with Crippen LogP contribution in [0.5, 0.6) is 0 Å². The van der Waals surface area contributed by atoms with Crippen LogP contribution in [0.2, 0.25) is 0 Å². The van der Waals surface area contributed by atoms with E-state index in [1.165, 1.54) is 5.56 Å². The molecule has 2 aromatic carbocycles. The number of rotatable bonds is 7. The lowest BCUT2D eigenvalue weighted by Gasteiger charge is -2.33. The Bertz CT molecular complexity index is 1060. The van der Waals surface area contributed by atoms with E-state index in [0.717, 1.165) is 68.1 Å². The molecule has 1 fully saturated rings. The van der Waals surface area contributed by atoms with Crippen molar-refractivity contribution in [1.29, 1.82) is 0 Å². The first-order chi connectivity index (χ1) is 15.6. The first-order valence-electron chi connectivity index (χ1n) is 10.6. The molecule has 4 rings (SSSR count). The molecule has 0 spiro atoms. The summed E-state index contributed by atoms with van der Waals surface area (Å²) in [6.45, 7) is 1.86. The topological polar surface area (TPSA) is 58.1 Å². The van der Waals surface area contributed by atoms with Gasteiger partial charge in [-0.1, -0.05) is 42.1 Å². The van der Waals surface area contributed by atoms with Crippen molar-refractivity contribution < 1.29 is 13.6 Å². The highest BCUT2D eigenvalue weighted by molar-refractivity contribution is 7.99. The van der Waals surface area contributed by atoms with Crippen molar-refractivity contribution in [3.8, 4) is 0 Å². The zero-order chi connectivity index (χ0) is 22.3. The number of amides is 1. The smallest absolute Gasteiger partial charge is 0.234 e. The molecule has 0 saturated carbocycles. The molecule has 5 nitrogen and oxygen atoms in total. The van der Waals surface area contributed by atoms with Crippen molar-refractivity contribution in [2.75, 3.05) is 29.1 Å². The fraction of sp³-hybridized carbons (Fsp3) is 0.292. The van der Waals surface area contributed by atoms with Crippen LogP contribution in [0.25, 0.3) is 0 Å². The number of piperidine rings is 1. The average molecular weight is 455 g/mol. The van der Waals surface area contributed by atoms with Gasteiger partial charge in [0, 0.05) is 25.4 Å². The predicted molar refractivity (Wildman–Crippen MR) is 123 cm³/mol. The Kier molecular flexibility index (Phi) is 7.32. The number of carbonyl (C=O) groups excluding carboxylic acids is 1. The number of nitrogens with zero attached hydrogens (tertiary/aromatic N) is 3. The summed E-state index contributed by atoms with van der Waals surface area (Å²) in [7, 11) is 0. The number of anilines is 2. The summed E-state index contributed by atoms with van der Waals surface area (Å²) in [6.07, 6.45) is 4.98. The fourth-order valence-electron chi connectivity index (χ4n) is 3.80. The van der Waals surface area contributed by atoms with Crippen molar-refractivity contribution in [3.05, 3.63) is 78.0 Å². The molecular weight excluding hydrogens is 430 g/mol. The van der Waals surface area contributed by atoms with Crippen molar-refractivity contribution in [2.45, 2.75) is 24.4 Å². The molecule has 1 aromatic heterocycles. The van der Waals surface area contributed by atoms with E-state index in [2.05, 4.69) is 44.5 Å². The molecule has 3 aromatic rings. The Morgan fingerprint density at radius 2 is 1.88 bits per heavy atom. The largest absolute Gasteiger partial charge is 0.356 e. The first kappa shape index (κ1) is 22.2. The Morgan fingerprint density at radius 1 is 1.09 bits per heavy atom. The van der Waals surface area contributed by atoms with Crippen LogP contribution in [0.3, 0.4) is 0 Å². The molecule has 0 atom stereocenters. The highest BCUT2D eigenvalue weighted by Crippen LogP contribution is 2.26. The fourth-order valence-corrected chi connectivity index (χ4v) is 4.43. The van der Waals surface area contributed by atoms with Gasteiger partial charge in [-0.25, -0.2) is 18.7 Å². The molecule has 0 aliphatic carbocycles. The number of halogens is 2. The maximum Gasteiger partial charge on any atom is 0.234 e. The van der Waals surface area contributed by atoms with E-state index in [4.69, 9.17) is 0 Å². The van der Waals surface area contributed by atoms with Crippen LogP contribution >= 0.6 is 11.8 Å². The summed E-state index contributed by atoms with van der Waals surface area (Å²) in [5.74, 6) is -0.237. The third-order valence-corrected chi connectivity index (χ3v) is 6.32. The second-order valence-electron chi connectivity index (χ2n) is 7.78. The number of benzene rings is 2. The van der Waals surface area contributed by atoms with Gasteiger partial charge in [-0.3, -0.25) is 4.79 Å². The third-order valence-electron chi connectivity index (χ3n) is 5.46. The van der Waals surface area contributed by atoms with Crippen LogP contribution in [-0.4, -0.2) is 34.7 Å². The van der Waals surface area contributed by atoms with Crippen LogP contribution < -0.4 is 10.2 Å². The maximum absolute atomic E-state index is 13.7. The predicted octanol–water partition coefficient (Wildman–Crippen LogP) is 4.94. The number of hydrogen-bond donors (Lipinski definition) is 1. The Hall–Kier alpha value is -3.00. The van der Waals surface area contributed by atoms with Crippen LogP contribution in [0, 0.1) is 17.6 Å². The summed E-state index contributed by atoms with van der Waals surface area (Å²) in [5, 5.41) is 2.86. The van der Waals surface area contributed by atoms with E-state index in [1.807, 2.05) is 12.1 Å². The summed E-state index contributed by atoms with van der Waals surface area (Å²) < 4.78 is 26.9. The van der Waals surface area contributed by atoms with Crippen LogP contribution in [0.4, 0.5) is 20.3 Å². The Morgan fingerprint density at radius 3 is 2.66 bits per heavy atom. The van der Waals surface area contributed by atoms with Gasteiger partial charge in [0.1, 0.15) is 17.5 Å². The van der Waals surface area contributed by atoms with E-state index in [-0.39, 0.29) is 11.4 Å². The number of nitrogens with one attached hydrogen (secondary N) is 1.